The summed E-state index contributed by atoms with van der Waals surface area (Å²) in [6.07, 6.45) is -2.32. The predicted molar refractivity (Wildman–Crippen MR) is 124 cm³/mol. The van der Waals surface area contributed by atoms with E-state index in [0.29, 0.717) is 46.5 Å². The molecule has 9 heteroatoms. The Morgan fingerprint density at radius 2 is 1.83 bits per heavy atom. The van der Waals surface area contributed by atoms with Gasteiger partial charge in [-0.1, -0.05) is 26.0 Å². The predicted octanol–water partition coefficient (Wildman–Crippen LogP) is 5.65. The van der Waals surface area contributed by atoms with E-state index in [1.807, 2.05) is 13.8 Å². The highest BCUT2D eigenvalue weighted by Gasteiger charge is 2.44. The molecule has 4 rings (SSSR count). The molecule has 1 aromatic carbocycles. The van der Waals surface area contributed by atoms with Crippen LogP contribution < -0.4 is 5.32 Å². The Morgan fingerprint density at radius 1 is 1.17 bits per heavy atom. The van der Waals surface area contributed by atoms with E-state index in [1.165, 1.54) is 12.1 Å². The summed E-state index contributed by atoms with van der Waals surface area (Å²) in [6, 6.07) is 4.66. The van der Waals surface area contributed by atoms with Crippen molar-refractivity contribution >= 4 is 11.8 Å². The maximum Gasteiger partial charge on any atom is 0.416 e. The lowest BCUT2D eigenvalue weighted by Crippen LogP contribution is -2.39. The molecule has 0 spiro atoms. The quantitative estimate of drug-likeness (QED) is 0.545. The van der Waals surface area contributed by atoms with Gasteiger partial charge in [0.15, 0.2) is 5.78 Å². The maximum absolute atomic E-state index is 13.4. The van der Waals surface area contributed by atoms with Crippen molar-refractivity contribution in [2.24, 2.45) is 5.41 Å². The number of nitrogens with zero attached hydrogens (tertiary/aromatic N) is 1. The summed E-state index contributed by atoms with van der Waals surface area (Å²) in [4.78, 5) is 26.6. The first-order valence-corrected chi connectivity index (χ1v) is 11.4. The van der Waals surface area contributed by atoms with Crippen molar-refractivity contribution in [1.82, 2.24) is 15.5 Å². The van der Waals surface area contributed by atoms with Gasteiger partial charge in [-0.05, 0) is 44.7 Å². The molecule has 2 aromatic rings. The van der Waals surface area contributed by atoms with Crippen LogP contribution >= 0.6 is 0 Å². The zero-order valence-corrected chi connectivity index (χ0v) is 20.3. The largest absolute Gasteiger partial charge is 0.460 e. The first-order valence-electron chi connectivity index (χ1n) is 11.4. The molecule has 0 saturated carbocycles. The third kappa shape index (κ3) is 4.76. The van der Waals surface area contributed by atoms with Gasteiger partial charge in [0.05, 0.1) is 28.9 Å². The highest BCUT2D eigenvalue weighted by atomic mass is 19.4. The first-order chi connectivity index (χ1) is 16.3. The van der Waals surface area contributed by atoms with E-state index in [1.54, 1.807) is 27.0 Å². The number of aromatic nitrogens is 2. The number of Topliss-reactive ketones (excluding diaryl/α,β-unsaturated/α-hetero) is 1. The van der Waals surface area contributed by atoms with Gasteiger partial charge in [0.2, 0.25) is 0 Å². The summed E-state index contributed by atoms with van der Waals surface area (Å²) in [5.41, 5.74) is 2.40. The van der Waals surface area contributed by atoms with E-state index < -0.39 is 23.6 Å². The molecule has 1 unspecified atom stereocenters. The number of benzene rings is 1. The minimum absolute atomic E-state index is 0.0873. The van der Waals surface area contributed by atoms with Gasteiger partial charge in [0.25, 0.3) is 0 Å². The number of dihydropyridines is 1. The monoisotopic (exact) mass is 487 g/mol. The fourth-order valence-electron chi connectivity index (χ4n) is 4.86. The number of hydrogen-bond donors (Lipinski definition) is 2. The number of halogens is 3. The molecule has 1 aliphatic heterocycles. The highest BCUT2D eigenvalue weighted by molar-refractivity contribution is 6.04. The Hall–Kier alpha value is -3.36. The summed E-state index contributed by atoms with van der Waals surface area (Å²) < 4.78 is 44.8. The second-order valence-corrected chi connectivity index (χ2v) is 10.1. The molecule has 2 N–H and O–H groups in total. The third-order valence-corrected chi connectivity index (χ3v) is 6.27. The van der Waals surface area contributed by atoms with E-state index >= 15 is 0 Å². The molecule has 0 amide bonds. The number of carbonyl (C=O) groups is 2. The van der Waals surface area contributed by atoms with Gasteiger partial charge >= 0.3 is 12.1 Å². The number of carbonyl (C=O) groups excluding carboxylic acids is 2. The number of ketones is 1. The third-order valence-electron chi connectivity index (χ3n) is 6.27. The van der Waals surface area contributed by atoms with E-state index in [-0.39, 0.29) is 17.3 Å². The average molecular weight is 488 g/mol. The van der Waals surface area contributed by atoms with Gasteiger partial charge in [-0.15, -0.1) is 0 Å². The minimum Gasteiger partial charge on any atom is -0.460 e. The fourth-order valence-corrected chi connectivity index (χ4v) is 4.86. The number of H-pyrrole nitrogens is 1. The van der Waals surface area contributed by atoms with Crippen LogP contribution in [-0.4, -0.2) is 28.1 Å². The van der Waals surface area contributed by atoms with E-state index in [0.717, 1.165) is 17.8 Å². The Labute approximate surface area is 201 Å². The lowest BCUT2D eigenvalue weighted by Gasteiger charge is -2.39. The van der Waals surface area contributed by atoms with Crippen LogP contribution in [0.2, 0.25) is 0 Å². The molecule has 1 aliphatic carbocycles. The van der Waals surface area contributed by atoms with E-state index in [2.05, 4.69) is 15.5 Å². The van der Waals surface area contributed by atoms with Crippen molar-refractivity contribution in [3.05, 3.63) is 64.1 Å². The van der Waals surface area contributed by atoms with Crippen molar-refractivity contribution in [1.29, 1.82) is 0 Å². The van der Waals surface area contributed by atoms with Crippen LogP contribution in [0.4, 0.5) is 13.2 Å². The molecule has 35 heavy (non-hydrogen) atoms. The second kappa shape index (κ2) is 8.70. The molecule has 0 bridgehead atoms. The fraction of sp³-hybridized carbons (Fsp3) is 0.423. The lowest BCUT2D eigenvalue weighted by molar-refractivity contribution is -0.143. The molecule has 1 aromatic heterocycles. The zero-order chi connectivity index (χ0) is 25.7. The molecule has 2 aliphatic rings. The number of hydrogen-bond acceptors (Lipinski definition) is 5. The lowest BCUT2D eigenvalue weighted by atomic mass is 9.68. The van der Waals surface area contributed by atoms with Crippen LogP contribution in [0.5, 0.6) is 0 Å². The number of alkyl halides is 3. The van der Waals surface area contributed by atoms with Crippen LogP contribution in [0.3, 0.4) is 0 Å². The van der Waals surface area contributed by atoms with Crippen molar-refractivity contribution in [3.63, 3.8) is 0 Å². The Morgan fingerprint density at radius 3 is 2.43 bits per heavy atom. The smallest absolute Gasteiger partial charge is 0.416 e. The van der Waals surface area contributed by atoms with E-state index in [4.69, 9.17) is 4.74 Å². The standard InChI is InChI=1S/C26H28F3N3O3/c1-13(2)35-24(34)20-14(3)31-18-10-25(4,5)11-19(33)22(18)21(20)17-12-30-32-23(17)15-6-8-16(9-7-15)26(27,28)29/h6-9,12-13,21,31H,10-11H2,1-5H3,(H,30,32). The molecule has 186 valence electrons. The minimum atomic E-state index is -4.46. The maximum atomic E-state index is 13.4. The molecule has 6 nitrogen and oxygen atoms in total. The Balaban J connectivity index is 1.87. The summed E-state index contributed by atoms with van der Waals surface area (Å²) in [7, 11) is 0. The molecule has 1 atom stereocenters. The van der Waals surface area contributed by atoms with Gasteiger partial charge in [0.1, 0.15) is 0 Å². The van der Waals surface area contributed by atoms with Crippen molar-refractivity contribution in [2.75, 3.05) is 0 Å². The van der Waals surface area contributed by atoms with E-state index in [9.17, 15) is 22.8 Å². The second-order valence-electron chi connectivity index (χ2n) is 10.1. The number of aromatic amines is 1. The summed E-state index contributed by atoms with van der Waals surface area (Å²) >= 11 is 0. The molecule has 0 saturated heterocycles. The zero-order valence-electron chi connectivity index (χ0n) is 20.3. The summed E-state index contributed by atoms with van der Waals surface area (Å²) in [6.45, 7) is 9.27. The molecule has 2 heterocycles. The molecule has 0 fully saturated rings. The highest BCUT2D eigenvalue weighted by Crippen LogP contribution is 2.48. The van der Waals surface area contributed by atoms with Crippen LogP contribution in [-0.2, 0) is 20.5 Å². The SMILES string of the molecule is CC1=C(C(=O)OC(C)C)C(c2c[nH]nc2-c2ccc(C(F)(F)F)cc2)C2=C(CC(C)(C)CC2=O)N1. The molecular formula is C26H28F3N3O3. The Bertz CT molecular complexity index is 1230. The number of nitrogens with one attached hydrogen (secondary N) is 2. The number of rotatable bonds is 4. The average Bonchev–Trinajstić information content (AvgIpc) is 3.20. The Kier molecular flexibility index (Phi) is 6.15. The number of esters is 1. The van der Waals surface area contributed by atoms with Crippen LogP contribution in [0, 0.1) is 5.41 Å². The van der Waals surface area contributed by atoms with Gasteiger partial charge in [-0.25, -0.2) is 4.79 Å². The van der Waals surface area contributed by atoms with Crippen LogP contribution in [0.25, 0.3) is 11.3 Å². The van der Waals surface area contributed by atoms with Crippen molar-refractivity contribution in [2.45, 2.75) is 65.7 Å². The van der Waals surface area contributed by atoms with Crippen molar-refractivity contribution in [3.8, 4) is 11.3 Å². The van der Waals surface area contributed by atoms with Gasteiger partial charge in [-0.3, -0.25) is 9.89 Å². The van der Waals surface area contributed by atoms with Crippen LogP contribution in [0.15, 0.2) is 53.0 Å². The van der Waals surface area contributed by atoms with Gasteiger partial charge in [-0.2, -0.15) is 18.3 Å². The molecular weight excluding hydrogens is 459 g/mol. The van der Waals surface area contributed by atoms with Crippen molar-refractivity contribution < 1.29 is 27.5 Å². The summed E-state index contributed by atoms with van der Waals surface area (Å²) in [5, 5.41) is 10.3. The van der Waals surface area contributed by atoms with Gasteiger partial charge in [0, 0.05) is 40.7 Å². The topological polar surface area (TPSA) is 84.1 Å². The molecule has 0 radical (unpaired) electrons. The first kappa shape index (κ1) is 24.8. The van der Waals surface area contributed by atoms with Crippen LogP contribution in [0.1, 0.15) is 64.5 Å². The normalized spacial score (nSPS) is 20.1. The number of ether oxygens (including phenoxy) is 1. The van der Waals surface area contributed by atoms with Gasteiger partial charge < -0.3 is 10.1 Å². The number of allylic oxidation sites excluding steroid dienone is 3. The summed E-state index contributed by atoms with van der Waals surface area (Å²) in [5.74, 6) is -1.41.